The topological polar surface area (TPSA) is 78.5 Å². The quantitative estimate of drug-likeness (QED) is 0.734. The number of aryl methyl sites for hydroxylation is 2. The fourth-order valence-corrected chi connectivity index (χ4v) is 3.30. The lowest BCUT2D eigenvalue weighted by atomic mass is 9.92. The van der Waals surface area contributed by atoms with Crippen molar-refractivity contribution in [3.63, 3.8) is 0 Å². The lowest BCUT2D eigenvalue weighted by Gasteiger charge is -2.22. The van der Waals surface area contributed by atoms with E-state index in [-0.39, 0.29) is 5.02 Å². The van der Waals surface area contributed by atoms with Crippen LogP contribution in [0.4, 0.5) is 10.5 Å². The minimum atomic E-state index is -1.33. The second-order valence-electron chi connectivity index (χ2n) is 6.92. The van der Waals surface area contributed by atoms with Crippen molar-refractivity contribution in [3.8, 4) is 0 Å². The van der Waals surface area contributed by atoms with Crippen LogP contribution < -0.4 is 10.6 Å². The van der Waals surface area contributed by atoms with Crippen molar-refractivity contribution in [2.45, 2.75) is 26.3 Å². The Hall–Kier alpha value is -2.57. The van der Waals surface area contributed by atoms with Crippen LogP contribution in [0.5, 0.6) is 0 Å². The zero-order chi connectivity index (χ0) is 20.6. The Balaban J connectivity index is 1.76. The molecule has 0 aliphatic carbocycles. The highest BCUT2D eigenvalue weighted by Gasteiger charge is 2.49. The summed E-state index contributed by atoms with van der Waals surface area (Å²) in [4.78, 5) is 38.5. The highest BCUT2D eigenvalue weighted by molar-refractivity contribution is 6.42. The number of carbonyl (C=O) groups is 3. The Morgan fingerprint density at radius 2 is 1.79 bits per heavy atom. The Morgan fingerprint density at radius 1 is 1.07 bits per heavy atom. The van der Waals surface area contributed by atoms with E-state index in [1.54, 1.807) is 25.1 Å². The largest absolute Gasteiger partial charge is 0.325 e. The zero-order valence-corrected chi connectivity index (χ0v) is 17.1. The SMILES string of the molecule is Cc1ccc(NC(=O)CN2C(=O)NC(C)(c3ccc(Cl)c(Cl)c3)C2=O)cc1C. The lowest BCUT2D eigenvalue weighted by Crippen LogP contribution is -2.42. The lowest BCUT2D eigenvalue weighted by molar-refractivity contribution is -0.133. The molecule has 146 valence electrons. The third kappa shape index (κ3) is 3.70. The third-order valence-corrected chi connectivity index (χ3v) is 5.60. The number of hydrogen-bond donors (Lipinski definition) is 2. The monoisotopic (exact) mass is 419 g/mol. The van der Waals surface area contributed by atoms with Gasteiger partial charge in [-0.05, 0) is 61.7 Å². The molecule has 2 aromatic rings. The van der Waals surface area contributed by atoms with Crippen LogP contribution in [0.3, 0.4) is 0 Å². The van der Waals surface area contributed by atoms with E-state index in [0.717, 1.165) is 16.0 Å². The van der Waals surface area contributed by atoms with Gasteiger partial charge in [-0.2, -0.15) is 0 Å². The minimum absolute atomic E-state index is 0.272. The number of rotatable bonds is 4. The van der Waals surface area contributed by atoms with Gasteiger partial charge in [0.1, 0.15) is 12.1 Å². The van der Waals surface area contributed by atoms with Crippen LogP contribution in [0.1, 0.15) is 23.6 Å². The van der Waals surface area contributed by atoms with Gasteiger partial charge in [0.05, 0.1) is 10.0 Å². The average molecular weight is 420 g/mol. The molecule has 4 amide bonds. The van der Waals surface area contributed by atoms with E-state index >= 15 is 0 Å². The maximum Gasteiger partial charge on any atom is 0.325 e. The smallest absolute Gasteiger partial charge is 0.325 e. The van der Waals surface area contributed by atoms with E-state index in [1.807, 2.05) is 26.0 Å². The number of benzene rings is 2. The molecule has 2 N–H and O–H groups in total. The summed E-state index contributed by atoms with van der Waals surface area (Å²) in [5.74, 6) is -1.00. The van der Waals surface area contributed by atoms with Crippen molar-refractivity contribution >= 4 is 46.7 Å². The predicted molar refractivity (Wildman–Crippen MR) is 109 cm³/mol. The summed E-state index contributed by atoms with van der Waals surface area (Å²) < 4.78 is 0. The number of halogens is 2. The predicted octanol–water partition coefficient (Wildman–Crippen LogP) is 4.02. The molecule has 0 bridgehead atoms. The number of nitrogens with zero attached hydrogens (tertiary/aromatic N) is 1. The van der Waals surface area contributed by atoms with Gasteiger partial charge in [0.25, 0.3) is 5.91 Å². The summed E-state index contributed by atoms with van der Waals surface area (Å²) in [6.07, 6.45) is 0. The molecule has 0 spiro atoms. The van der Waals surface area contributed by atoms with Crippen LogP contribution in [-0.4, -0.2) is 29.3 Å². The van der Waals surface area contributed by atoms with Crippen molar-refractivity contribution in [2.24, 2.45) is 0 Å². The first-order valence-electron chi connectivity index (χ1n) is 8.58. The average Bonchev–Trinajstić information content (AvgIpc) is 2.84. The van der Waals surface area contributed by atoms with Crippen molar-refractivity contribution in [1.29, 1.82) is 0 Å². The number of carbonyl (C=O) groups excluding carboxylic acids is 3. The minimum Gasteiger partial charge on any atom is -0.325 e. The van der Waals surface area contributed by atoms with Gasteiger partial charge in [0.15, 0.2) is 0 Å². The van der Waals surface area contributed by atoms with Gasteiger partial charge in [-0.25, -0.2) is 4.79 Å². The summed E-state index contributed by atoms with van der Waals surface area (Å²) in [5.41, 5.74) is 1.89. The molecule has 1 heterocycles. The molecule has 1 fully saturated rings. The second kappa shape index (κ2) is 7.45. The molecular formula is C20H19Cl2N3O3. The maximum atomic E-state index is 12.9. The molecule has 28 heavy (non-hydrogen) atoms. The van der Waals surface area contributed by atoms with Gasteiger partial charge in [0, 0.05) is 5.69 Å². The fraction of sp³-hybridized carbons (Fsp3) is 0.250. The molecule has 8 heteroatoms. The number of urea groups is 1. The number of amides is 4. The number of anilines is 1. The third-order valence-electron chi connectivity index (χ3n) is 4.86. The Labute approximate surface area is 172 Å². The van der Waals surface area contributed by atoms with Crippen LogP contribution in [0.25, 0.3) is 0 Å². The van der Waals surface area contributed by atoms with Crippen LogP contribution in [0.2, 0.25) is 10.0 Å². The van der Waals surface area contributed by atoms with Gasteiger partial charge in [-0.1, -0.05) is 35.3 Å². The first-order chi connectivity index (χ1) is 13.1. The summed E-state index contributed by atoms with van der Waals surface area (Å²) in [7, 11) is 0. The summed E-state index contributed by atoms with van der Waals surface area (Å²) in [6.45, 7) is 5.08. The van der Waals surface area contributed by atoms with Crippen LogP contribution in [0, 0.1) is 13.8 Å². The van der Waals surface area contributed by atoms with Crippen molar-refractivity contribution < 1.29 is 14.4 Å². The van der Waals surface area contributed by atoms with Crippen LogP contribution >= 0.6 is 23.2 Å². The van der Waals surface area contributed by atoms with Crippen LogP contribution in [0.15, 0.2) is 36.4 Å². The molecule has 2 aromatic carbocycles. The zero-order valence-electron chi connectivity index (χ0n) is 15.6. The summed E-state index contributed by atoms with van der Waals surface area (Å²) in [5, 5.41) is 5.96. The first kappa shape index (κ1) is 20.2. The maximum absolute atomic E-state index is 12.9. The normalized spacial score (nSPS) is 19.0. The fourth-order valence-electron chi connectivity index (χ4n) is 3.01. The Kier molecular flexibility index (Phi) is 5.37. The molecule has 6 nitrogen and oxygen atoms in total. The Bertz CT molecular complexity index is 993. The second-order valence-corrected chi connectivity index (χ2v) is 7.74. The van der Waals surface area contributed by atoms with Gasteiger partial charge in [-0.15, -0.1) is 0 Å². The van der Waals surface area contributed by atoms with E-state index in [4.69, 9.17) is 23.2 Å². The number of nitrogens with one attached hydrogen (secondary N) is 2. The standard InChI is InChI=1S/C20H19Cl2N3O3/c1-11-4-6-14(8-12(11)2)23-17(26)10-25-18(27)20(3,24-19(25)28)13-5-7-15(21)16(22)9-13/h4-9H,10H2,1-3H3,(H,23,26)(H,24,28). The Morgan fingerprint density at radius 3 is 2.43 bits per heavy atom. The molecule has 0 radical (unpaired) electrons. The van der Waals surface area contributed by atoms with E-state index in [2.05, 4.69) is 10.6 Å². The van der Waals surface area contributed by atoms with Gasteiger partial charge in [-0.3, -0.25) is 14.5 Å². The van der Waals surface area contributed by atoms with E-state index in [0.29, 0.717) is 16.3 Å². The number of hydrogen-bond acceptors (Lipinski definition) is 3. The van der Waals surface area contributed by atoms with E-state index in [1.165, 1.54) is 6.07 Å². The highest BCUT2D eigenvalue weighted by Crippen LogP contribution is 2.33. The molecular weight excluding hydrogens is 401 g/mol. The molecule has 1 unspecified atom stereocenters. The molecule has 0 aromatic heterocycles. The number of imide groups is 1. The molecule has 1 atom stereocenters. The van der Waals surface area contributed by atoms with E-state index < -0.39 is 29.9 Å². The molecule has 1 saturated heterocycles. The highest BCUT2D eigenvalue weighted by atomic mass is 35.5. The van der Waals surface area contributed by atoms with Crippen molar-refractivity contribution in [2.75, 3.05) is 11.9 Å². The van der Waals surface area contributed by atoms with Gasteiger partial charge < -0.3 is 10.6 Å². The molecule has 3 rings (SSSR count). The molecule has 0 saturated carbocycles. The van der Waals surface area contributed by atoms with Crippen LogP contribution in [-0.2, 0) is 15.1 Å². The molecule has 1 aliphatic heterocycles. The van der Waals surface area contributed by atoms with Gasteiger partial charge in [0.2, 0.25) is 5.91 Å². The summed E-state index contributed by atoms with van der Waals surface area (Å²) in [6, 6.07) is 9.55. The van der Waals surface area contributed by atoms with Crippen molar-refractivity contribution in [1.82, 2.24) is 10.2 Å². The van der Waals surface area contributed by atoms with Crippen molar-refractivity contribution in [3.05, 3.63) is 63.1 Å². The first-order valence-corrected chi connectivity index (χ1v) is 9.34. The van der Waals surface area contributed by atoms with Gasteiger partial charge >= 0.3 is 6.03 Å². The summed E-state index contributed by atoms with van der Waals surface area (Å²) >= 11 is 12.0. The van der Waals surface area contributed by atoms with E-state index in [9.17, 15) is 14.4 Å². The molecule has 1 aliphatic rings.